The fourth-order valence-electron chi connectivity index (χ4n) is 4.35. The molecule has 0 saturated heterocycles. The summed E-state index contributed by atoms with van der Waals surface area (Å²) in [5.74, 6) is 0. The summed E-state index contributed by atoms with van der Waals surface area (Å²) in [6.07, 6.45) is 20.6. The van der Waals surface area contributed by atoms with Crippen molar-refractivity contribution in [3.8, 4) is 0 Å². The summed E-state index contributed by atoms with van der Waals surface area (Å²) in [5.41, 5.74) is 9.29. The van der Waals surface area contributed by atoms with Crippen LogP contribution in [0.25, 0.3) is 6.08 Å². The lowest BCUT2D eigenvalue weighted by molar-refractivity contribution is 0.340. The smallest absolute Gasteiger partial charge is 0.00814 e. The summed E-state index contributed by atoms with van der Waals surface area (Å²) in [7, 11) is 0. The van der Waals surface area contributed by atoms with Crippen LogP contribution in [0, 0.1) is 0 Å². The zero-order chi connectivity index (χ0) is 19.8. The summed E-state index contributed by atoms with van der Waals surface area (Å²) in [5, 5.41) is 0. The van der Waals surface area contributed by atoms with Gasteiger partial charge in [0.2, 0.25) is 0 Å². The number of rotatable bonds is 17. The van der Waals surface area contributed by atoms with E-state index in [1.807, 2.05) is 6.08 Å². The Balaban J connectivity index is 2.74. The zero-order valence-electron chi connectivity index (χ0n) is 18.3. The SMILES string of the molecule is C=Cc1ccccc1C(CN)(CCCCCCCC)CCCCCCCC. The van der Waals surface area contributed by atoms with Gasteiger partial charge in [-0.1, -0.05) is 128 Å². The Morgan fingerprint density at radius 3 is 1.74 bits per heavy atom. The molecule has 27 heavy (non-hydrogen) atoms. The third kappa shape index (κ3) is 8.64. The van der Waals surface area contributed by atoms with E-state index in [-0.39, 0.29) is 5.41 Å². The molecule has 0 bridgehead atoms. The zero-order valence-corrected chi connectivity index (χ0v) is 18.3. The number of benzene rings is 1. The van der Waals surface area contributed by atoms with Crippen molar-refractivity contribution in [2.75, 3.05) is 6.54 Å². The number of hydrogen-bond acceptors (Lipinski definition) is 1. The molecule has 154 valence electrons. The molecule has 2 N–H and O–H groups in total. The minimum absolute atomic E-state index is 0.125. The summed E-state index contributed by atoms with van der Waals surface area (Å²) < 4.78 is 0. The van der Waals surface area contributed by atoms with E-state index in [2.05, 4.69) is 44.7 Å². The molecular weight excluding hydrogens is 326 g/mol. The van der Waals surface area contributed by atoms with Crippen LogP contribution in [0.5, 0.6) is 0 Å². The maximum Gasteiger partial charge on any atom is 0.00814 e. The summed E-state index contributed by atoms with van der Waals surface area (Å²) in [4.78, 5) is 0. The number of unbranched alkanes of at least 4 members (excludes halogenated alkanes) is 10. The second kappa shape index (κ2) is 14.9. The standard InChI is InChI=1S/C26H45N/c1-4-7-9-11-13-17-21-26(23-27,22-18-14-12-10-8-5-2)25-20-16-15-19-24(25)6-3/h6,15-16,19-20H,3-5,7-14,17-18,21-23,27H2,1-2H3. The molecular formula is C26H45N. The lowest BCUT2D eigenvalue weighted by Gasteiger charge is -2.35. The van der Waals surface area contributed by atoms with Crippen LogP contribution >= 0.6 is 0 Å². The van der Waals surface area contributed by atoms with Gasteiger partial charge in [0, 0.05) is 12.0 Å². The van der Waals surface area contributed by atoms with Gasteiger partial charge in [-0.15, -0.1) is 0 Å². The first-order chi connectivity index (χ1) is 13.2. The Bertz CT molecular complexity index is 475. The van der Waals surface area contributed by atoms with Crippen LogP contribution in [0.15, 0.2) is 30.8 Å². The fourth-order valence-corrected chi connectivity index (χ4v) is 4.35. The highest BCUT2D eigenvalue weighted by Crippen LogP contribution is 2.37. The highest BCUT2D eigenvalue weighted by Gasteiger charge is 2.31. The van der Waals surface area contributed by atoms with E-state index < -0.39 is 0 Å². The summed E-state index contributed by atoms with van der Waals surface area (Å²) >= 11 is 0. The van der Waals surface area contributed by atoms with Crippen molar-refractivity contribution in [2.45, 2.75) is 109 Å². The Morgan fingerprint density at radius 2 is 1.26 bits per heavy atom. The normalized spacial score (nSPS) is 11.7. The van der Waals surface area contributed by atoms with Gasteiger partial charge in [0.1, 0.15) is 0 Å². The molecule has 0 heterocycles. The van der Waals surface area contributed by atoms with Crippen molar-refractivity contribution in [1.29, 1.82) is 0 Å². The van der Waals surface area contributed by atoms with Crippen molar-refractivity contribution in [1.82, 2.24) is 0 Å². The topological polar surface area (TPSA) is 26.0 Å². The Labute approximate surface area is 169 Å². The quantitative estimate of drug-likeness (QED) is 0.275. The molecule has 0 atom stereocenters. The molecule has 0 radical (unpaired) electrons. The third-order valence-corrected chi connectivity index (χ3v) is 6.16. The van der Waals surface area contributed by atoms with Gasteiger partial charge in [0.15, 0.2) is 0 Å². The van der Waals surface area contributed by atoms with E-state index in [1.54, 1.807) is 0 Å². The molecule has 0 aliphatic carbocycles. The predicted octanol–water partition coefficient (Wildman–Crippen LogP) is 8.03. The molecule has 0 amide bonds. The van der Waals surface area contributed by atoms with E-state index in [4.69, 9.17) is 5.73 Å². The maximum absolute atomic E-state index is 6.45. The average molecular weight is 372 g/mol. The highest BCUT2D eigenvalue weighted by atomic mass is 14.6. The van der Waals surface area contributed by atoms with Gasteiger partial charge in [-0.25, -0.2) is 0 Å². The summed E-state index contributed by atoms with van der Waals surface area (Å²) in [6, 6.07) is 8.81. The van der Waals surface area contributed by atoms with Gasteiger partial charge in [-0.3, -0.25) is 0 Å². The van der Waals surface area contributed by atoms with Gasteiger partial charge in [-0.05, 0) is 24.0 Å². The van der Waals surface area contributed by atoms with Crippen molar-refractivity contribution in [2.24, 2.45) is 5.73 Å². The molecule has 0 aliphatic rings. The van der Waals surface area contributed by atoms with Crippen LogP contribution in [0.4, 0.5) is 0 Å². The van der Waals surface area contributed by atoms with Crippen LogP contribution in [-0.4, -0.2) is 6.54 Å². The summed E-state index contributed by atoms with van der Waals surface area (Å²) in [6.45, 7) is 9.38. The van der Waals surface area contributed by atoms with Crippen molar-refractivity contribution in [3.63, 3.8) is 0 Å². The average Bonchev–Trinajstić information content (AvgIpc) is 2.71. The highest BCUT2D eigenvalue weighted by molar-refractivity contribution is 5.54. The number of nitrogens with two attached hydrogens (primary N) is 1. The molecule has 1 heteroatoms. The molecule has 1 rings (SSSR count). The van der Waals surface area contributed by atoms with Crippen molar-refractivity contribution >= 4 is 6.08 Å². The molecule has 0 unspecified atom stereocenters. The van der Waals surface area contributed by atoms with Crippen LogP contribution in [0.1, 0.15) is 115 Å². The molecule has 0 fully saturated rings. The van der Waals surface area contributed by atoms with Gasteiger partial charge >= 0.3 is 0 Å². The van der Waals surface area contributed by atoms with E-state index >= 15 is 0 Å². The van der Waals surface area contributed by atoms with Gasteiger partial charge in [-0.2, -0.15) is 0 Å². The molecule has 0 aromatic heterocycles. The van der Waals surface area contributed by atoms with E-state index in [0.29, 0.717) is 0 Å². The molecule has 0 spiro atoms. The monoisotopic (exact) mass is 371 g/mol. The van der Waals surface area contributed by atoms with Crippen LogP contribution in [0.2, 0.25) is 0 Å². The molecule has 1 aromatic carbocycles. The van der Waals surface area contributed by atoms with E-state index in [9.17, 15) is 0 Å². The van der Waals surface area contributed by atoms with Gasteiger partial charge < -0.3 is 5.73 Å². The first-order valence-corrected chi connectivity index (χ1v) is 11.7. The molecule has 1 aromatic rings. The first-order valence-electron chi connectivity index (χ1n) is 11.7. The third-order valence-electron chi connectivity index (χ3n) is 6.16. The van der Waals surface area contributed by atoms with Gasteiger partial charge in [0.05, 0.1) is 0 Å². The lowest BCUT2D eigenvalue weighted by Crippen LogP contribution is -2.36. The predicted molar refractivity (Wildman–Crippen MR) is 123 cm³/mol. The Hall–Kier alpha value is -1.08. The van der Waals surface area contributed by atoms with Crippen LogP contribution in [0.3, 0.4) is 0 Å². The fraction of sp³-hybridized carbons (Fsp3) is 0.692. The van der Waals surface area contributed by atoms with Crippen molar-refractivity contribution < 1.29 is 0 Å². The van der Waals surface area contributed by atoms with Crippen LogP contribution in [-0.2, 0) is 5.41 Å². The Kier molecular flexibility index (Phi) is 13.2. The molecule has 0 saturated carbocycles. The lowest BCUT2D eigenvalue weighted by atomic mass is 9.71. The Morgan fingerprint density at radius 1 is 0.778 bits per heavy atom. The molecule has 0 aliphatic heterocycles. The molecule has 1 nitrogen and oxygen atoms in total. The van der Waals surface area contributed by atoms with E-state index in [1.165, 1.54) is 101 Å². The second-order valence-electron chi connectivity index (χ2n) is 8.31. The van der Waals surface area contributed by atoms with Gasteiger partial charge in [0.25, 0.3) is 0 Å². The van der Waals surface area contributed by atoms with Crippen molar-refractivity contribution in [3.05, 3.63) is 42.0 Å². The first kappa shape index (κ1) is 24.0. The largest absolute Gasteiger partial charge is 0.330 e. The minimum Gasteiger partial charge on any atom is -0.330 e. The minimum atomic E-state index is 0.125. The maximum atomic E-state index is 6.45. The number of hydrogen-bond donors (Lipinski definition) is 1. The van der Waals surface area contributed by atoms with E-state index in [0.717, 1.165) is 6.54 Å². The second-order valence-corrected chi connectivity index (χ2v) is 8.31. The van der Waals surface area contributed by atoms with Crippen LogP contribution < -0.4 is 5.73 Å².